The summed E-state index contributed by atoms with van der Waals surface area (Å²) in [5, 5.41) is 7.58. The van der Waals surface area contributed by atoms with Crippen LogP contribution in [0.5, 0.6) is 0 Å². The van der Waals surface area contributed by atoms with Crippen LogP contribution in [0.3, 0.4) is 0 Å². The molecular formula is C29H25ClN2OS. The Kier molecular flexibility index (Phi) is 6.73. The molecule has 4 aromatic rings. The van der Waals surface area contributed by atoms with Crippen LogP contribution in [0, 0.1) is 0 Å². The fraction of sp³-hybridized carbons (Fsp3) is 0.138. The number of amides is 1. The van der Waals surface area contributed by atoms with Crippen molar-refractivity contribution in [2.45, 2.75) is 22.7 Å². The average molecular weight is 485 g/mol. The summed E-state index contributed by atoms with van der Waals surface area (Å²) in [4.78, 5) is 12.9. The average Bonchev–Trinajstić information content (AvgIpc) is 2.90. The van der Waals surface area contributed by atoms with Crippen molar-refractivity contribution in [3.05, 3.63) is 143 Å². The van der Waals surface area contributed by atoms with Crippen LogP contribution in [-0.2, 0) is 16.1 Å². The van der Waals surface area contributed by atoms with Crippen molar-refractivity contribution < 1.29 is 4.79 Å². The minimum absolute atomic E-state index is 0.0146. The van der Waals surface area contributed by atoms with Gasteiger partial charge in [0.2, 0.25) is 5.91 Å². The molecule has 0 aromatic heterocycles. The lowest BCUT2D eigenvalue weighted by Gasteiger charge is -2.45. The van der Waals surface area contributed by atoms with E-state index in [2.05, 4.69) is 47.0 Å². The summed E-state index contributed by atoms with van der Waals surface area (Å²) in [5.41, 5.74) is 3.77. The lowest BCUT2D eigenvalue weighted by Crippen LogP contribution is -2.70. The van der Waals surface area contributed by atoms with E-state index in [9.17, 15) is 4.79 Å². The molecular weight excluding hydrogens is 460 g/mol. The Morgan fingerprint density at radius 3 is 1.65 bits per heavy atom. The fourth-order valence-corrected chi connectivity index (χ4v) is 5.72. The van der Waals surface area contributed by atoms with E-state index in [4.69, 9.17) is 11.6 Å². The van der Waals surface area contributed by atoms with Gasteiger partial charge in [-0.15, -0.1) is 11.8 Å². The van der Waals surface area contributed by atoms with Gasteiger partial charge >= 0.3 is 0 Å². The molecule has 4 aromatic carbocycles. The van der Waals surface area contributed by atoms with Crippen molar-refractivity contribution in [3.63, 3.8) is 0 Å². The Labute approximate surface area is 209 Å². The van der Waals surface area contributed by atoms with Crippen molar-refractivity contribution in [1.29, 1.82) is 0 Å². The van der Waals surface area contributed by atoms with Gasteiger partial charge in [0.1, 0.15) is 6.04 Å². The first kappa shape index (κ1) is 22.7. The number of rotatable bonds is 8. The van der Waals surface area contributed by atoms with Gasteiger partial charge < -0.3 is 5.32 Å². The van der Waals surface area contributed by atoms with Gasteiger partial charge in [0.15, 0.2) is 0 Å². The molecule has 0 radical (unpaired) electrons. The number of thioether (sulfide) groups is 1. The molecule has 2 atom stereocenters. The molecule has 0 spiro atoms. The van der Waals surface area contributed by atoms with Gasteiger partial charge in [-0.3, -0.25) is 10.1 Å². The summed E-state index contributed by atoms with van der Waals surface area (Å²) in [6.07, 6.45) is 0. The Balaban J connectivity index is 1.51. The number of hydrogen-bond acceptors (Lipinski definition) is 3. The predicted octanol–water partition coefficient (Wildman–Crippen LogP) is 5.98. The molecule has 5 heteroatoms. The second-order valence-electron chi connectivity index (χ2n) is 8.34. The molecule has 5 rings (SSSR count). The molecule has 1 amide bonds. The molecule has 1 aliphatic heterocycles. The third-order valence-electron chi connectivity index (χ3n) is 6.20. The molecule has 1 heterocycles. The third-order valence-corrected chi connectivity index (χ3v) is 7.71. The molecule has 3 nitrogen and oxygen atoms in total. The number of nitrogens with one attached hydrogen (secondary N) is 2. The highest BCUT2D eigenvalue weighted by Gasteiger charge is 2.47. The zero-order chi connectivity index (χ0) is 23.4. The number of β-lactam (4-membered cyclic amide) rings is 1. The van der Waals surface area contributed by atoms with E-state index >= 15 is 0 Å². The molecule has 0 unspecified atom stereocenters. The number of hydrogen-bond donors (Lipinski definition) is 2. The van der Waals surface area contributed by atoms with Crippen molar-refractivity contribution in [1.82, 2.24) is 10.6 Å². The molecule has 34 heavy (non-hydrogen) atoms. The lowest BCUT2D eigenvalue weighted by atomic mass is 9.76. The summed E-state index contributed by atoms with van der Waals surface area (Å²) in [7, 11) is 0. The highest BCUT2D eigenvalue weighted by Crippen LogP contribution is 2.39. The van der Waals surface area contributed by atoms with Crippen LogP contribution in [0.2, 0.25) is 5.02 Å². The Hall–Kier alpha value is -3.05. The van der Waals surface area contributed by atoms with E-state index in [-0.39, 0.29) is 17.3 Å². The maximum Gasteiger partial charge on any atom is 0.241 e. The van der Waals surface area contributed by atoms with Crippen LogP contribution in [0.15, 0.2) is 115 Å². The molecule has 0 bridgehead atoms. The van der Waals surface area contributed by atoms with Gasteiger partial charge in [-0.25, -0.2) is 0 Å². The number of carbonyl (C=O) groups is 1. The van der Waals surface area contributed by atoms with E-state index < -0.39 is 5.54 Å². The zero-order valence-electron chi connectivity index (χ0n) is 18.5. The number of benzene rings is 4. The zero-order valence-corrected chi connectivity index (χ0v) is 20.1. The van der Waals surface area contributed by atoms with E-state index in [0.717, 1.165) is 27.5 Å². The summed E-state index contributed by atoms with van der Waals surface area (Å²) < 4.78 is 0. The van der Waals surface area contributed by atoms with E-state index in [0.29, 0.717) is 0 Å². The molecule has 0 aliphatic carbocycles. The highest BCUT2D eigenvalue weighted by atomic mass is 35.5. The van der Waals surface area contributed by atoms with E-state index in [1.807, 2.05) is 78.9 Å². The van der Waals surface area contributed by atoms with Gasteiger partial charge in [0.25, 0.3) is 0 Å². The molecule has 170 valence electrons. The summed E-state index contributed by atoms with van der Waals surface area (Å²) in [6, 6.07) is 38.6. The minimum atomic E-state index is -0.675. The molecule has 0 saturated carbocycles. The monoisotopic (exact) mass is 484 g/mol. The number of halogens is 1. The van der Waals surface area contributed by atoms with E-state index in [1.165, 1.54) is 5.56 Å². The fourth-order valence-electron chi connectivity index (χ4n) is 4.45. The van der Waals surface area contributed by atoms with Crippen LogP contribution < -0.4 is 10.6 Å². The maximum atomic E-state index is 12.9. The van der Waals surface area contributed by atoms with Crippen LogP contribution >= 0.6 is 23.4 Å². The summed E-state index contributed by atoms with van der Waals surface area (Å²) in [6.45, 7) is 0. The number of carbonyl (C=O) groups excluding carboxylic acids is 1. The van der Waals surface area contributed by atoms with Crippen LogP contribution in [0.25, 0.3) is 0 Å². The standard InChI is InChI=1S/C29H25ClN2OS/c30-25-18-16-21(17-19-25)20-34-28-26(27(33)31-28)32-29(22-10-4-1-5-11-22,23-12-6-2-7-13-23)24-14-8-3-9-15-24/h1-19,26,28,32H,20H2,(H,31,33)/t26-,28-/m1/s1. The van der Waals surface area contributed by atoms with Crippen LogP contribution in [0.4, 0.5) is 0 Å². The second kappa shape index (κ2) is 10.1. The van der Waals surface area contributed by atoms with Gasteiger partial charge in [0.05, 0.1) is 10.9 Å². The van der Waals surface area contributed by atoms with Gasteiger partial charge in [-0.05, 0) is 34.4 Å². The van der Waals surface area contributed by atoms with Crippen LogP contribution in [-0.4, -0.2) is 17.3 Å². The normalized spacial score (nSPS) is 17.6. The van der Waals surface area contributed by atoms with Gasteiger partial charge in [0, 0.05) is 10.8 Å². The van der Waals surface area contributed by atoms with Crippen LogP contribution in [0.1, 0.15) is 22.3 Å². The smallest absolute Gasteiger partial charge is 0.241 e. The highest BCUT2D eigenvalue weighted by molar-refractivity contribution is 7.99. The predicted molar refractivity (Wildman–Crippen MR) is 141 cm³/mol. The van der Waals surface area contributed by atoms with Crippen molar-refractivity contribution in [2.24, 2.45) is 0 Å². The maximum absolute atomic E-state index is 12.9. The van der Waals surface area contributed by atoms with Crippen molar-refractivity contribution in [2.75, 3.05) is 0 Å². The molecule has 2 N–H and O–H groups in total. The third kappa shape index (κ3) is 4.49. The largest absolute Gasteiger partial charge is 0.341 e. The minimum Gasteiger partial charge on any atom is -0.341 e. The van der Waals surface area contributed by atoms with E-state index in [1.54, 1.807) is 11.8 Å². The Morgan fingerprint density at radius 2 is 1.21 bits per heavy atom. The lowest BCUT2D eigenvalue weighted by molar-refractivity contribution is -0.129. The molecule has 1 saturated heterocycles. The molecule has 1 fully saturated rings. The van der Waals surface area contributed by atoms with Crippen molar-refractivity contribution in [3.8, 4) is 0 Å². The van der Waals surface area contributed by atoms with Crippen molar-refractivity contribution >= 4 is 29.3 Å². The first-order valence-corrected chi connectivity index (χ1v) is 12.7. The first-order valence-electron chi connectivity index (χ1n) is 11.3. The molecule has 1 aliphatic rings. The van der Waals surface area contributed by atoms with Gasteiger partial charge in [-0.1, -0.05) is 115 Å². The Morgan fingerprint density at radius 1 is 0.735 bits per heavy atom. The first-order chi connectivity index (χ1) is 16.7. The topological polar surface area (TPSA) is 41.1 Å². The quantitative estimate of drug-likeness (QED) is 0.239. The Bertz CT molecular complexity index is 1140. The summed E-state index contributed by atoms with van der Waals surface area (Å²) in [5.74, 6) is 0.802. The second-order valence-corrected chi connectivity index (χ2v) is 9.90. The summed E-state index contributed by atoms with van der Waals surface area (Å²) >= 11 is 7.75. The van der Waals surface area contributed by atoms with Gasteiger partial charge in [-0.2, -0.15) is 0 Å². The SMILES string of the molecule is O=C1N[C@H](SCc2ccc(Cl)cc2)[C@@H]1NC(c1ccccc1)(c1ccccc1)c1ccccc1.